The number of hydrogen-bond donors (Lipinski definition) is 1. The molecule has 0 bridgehead atoms. The zero-order valence-corrected chi connectivity index (χ0v) is 12.7. The Bertz CT molecular complexity index is 485. The third-order valence-corrected chi connectivity index (χ3v) is 3.70. The highest BCUT2D eigenvalue weighted by Gasteiger charge is 2.04. The quantitative estimate of drug-likeness (QED) is 0.801. The van der Waals surface area contributed by atoms with E-state index in [2.05, 4.69) is 50.4 Å². The lowest BCUT2D eigenvalue weighted by molar-refractivity contribution is 0.460. The van der Waals surface area contributed by atoms with Crippen LogP contribution in [0.15, 0.2) is 47.1 Å². The first-order chi connectivity index (χ1) is 9.65. The van der Waals surface area contributed by atoms with E-state index < -0.39 is 0 Å². The average Bonchev–Trinajstić information content (AvgIpc) is 2.96. The number of benzene rings is 1. The molecule has 0 unspecified atom stereocenters. The smallest absolute Gasteiger partial charge is 0.103 e. The van der Waals surface area contributed by atoms with Gasteiger partial charge in [-0.3, -0.25) is 0 Å². The molecule has 0 aliphatic carbocycles. The topological polar surface area (TPSA) is 25.2 Å². The maximum atomic E-state index is 5.35. The van der Waals surface area contributed by atoms with Gasteiger partial charge in [-0.15, -0.1) is 0 Å². The Morgan fingerprint density at radius 1 is 1.05 bits per heavy atom. The van der Waals surface area contributed by atoms with Crippen molar-refractivity contribution < 1.29 is 4.42 Å². The van der Waals surface area contributed by atoms with E-state index >= 15 is 0 Å². The molecule has 20 heavy (non-hydrogen) atoms. The summed E-state index contributed by atoms with van der Waals surface area (Å²) in [4.78, 5) is 0. The first-order valence-electron chi connectivity index (χ1n) is 7.49. The van der Waals surface area contributed by atoms with Crippen molar-refractivity contribution >= 4 is 0 Å². The molecular weight excluding hydrogens is 246 g/mol. The molecule has 108 valence electrons. The molecule has 2 nitrogen and oxygen atoms in total. The highest BCUT2D eigenvalue weighted by Crippen LogP contribution is 2.14. The van der Waals surface area contributed by atoms with E-state index in [0.717, 1.165) is 25.1 Å². The lowest BCUT2D eigenvalue weighted by atomic mass is 10.0. The number of rotatable bonds is 7. The number of nitrogens with one attached hydrogen (secondary N) is 1. The third kappa shape index (κ3) is 4.53. The zero-order valence-electron chi connectivity index (χ0n) is 12.7. The van der Waals surface area contributed by atoms with Gasteiger partial charge in [-0.25, -0.2) is 0 Å². The van der Waals surface area contributed by atoms with Crippen LogP contribution in [0.5, 0.6) is 0 Å². The number of hydrogen-bond acceptors (Lipinski definition) is 2. The van der Waals surface area contributed by atoms with Crippen LogP contribution in [0.4, 0.5) is 0 Å². The monoisotopic (exact) mass is 271 g/mol. The van der Waals surface area contributed by atoms with E-state index in [4.69, 9.17) is 4.42 Å². The lowest BCUT2D eigenvalue weighted by Gasteiger charge is -2.13. The van der Waals surface area contributed by atoms with Gasteiger partial charge in [0.25, 0.3) is 0 Å². The van der Waals surface area contributed by atoms with Crippen molar-refractivity contribution in [3.8, 4) is 0 Å². The fraction of sp³-hybridized carbons (Fsp3) is 0.444. The fourth-order valence-corrected chi connectivity index (χ4v) is 2.23. The molecule has 2 heteroatoms. The van der Waals surface area contributed by atoms with Gasteiger partial charge in [0, 0.05) is 19.0 Å². The predicted octanol–water partition coefficient (Wildman–Crippen LogP) is 4.51. The largest absolute Gasteiger partial charge is 0.469 e. The Labute approximate surface area is 122 Å². The van der Waals surface area contributed by atoms with Gasteiger partial charge < -0.3 is 9.73 Å². The Morgan fingerprint density at radius 2 is 1.80 bits per heavy atom. The molecule has 0 fully saturated rings. The van der Waals surface area contributed by atoms with Gasteiger partial charge in [0.15, 0.2) is 0 Å². The number of furan rings is 1. The summed E-state index contributed by atoms with van der Waals surface area (Å²) in [7, 11) is 0. The minimum atomic E-state index is 0.491. The van der Waals surface area contributed by atoms with Gasteiger partial charge in [-0.1, -0.05) is 38.1 Å². The molecular formula is C18H25NO. The van der Waals surface area contributed by atoms with Crippen LogP contribution in [0, 0.1) is 0 Å². The second kappa shape index (κ2) is 7.30. The minimum absolute atomic E-state index is 0.491. The summed E-state index contributed by atoms with van der Waals surface area (Å²) < 4.78 is 5.35. The van der Waals surface area contributed by atoms with Crippen LogP contribution >= 0.6 is 0 Å². The van der Waals surface area contributed by atoms with E-state index in [1.165, 1.54) is 11.1 Å². The molecule has 0 radical (unpaired) electrons. The first-order valence-corrected chi connectivity index (χ1v) is 7.49. The summed E-state index contributed by atoms with van der Waals surface area (Å²) in [6.07, 6.45) is 3.83. The van der Waals surface area contributed by atoms with Gasteiger partial charge in [-0.05, 0) is 42.5 Å². The summed E-state index contributed by atoms with van der Waals surface area (Å²) in [5.74, 6) is 1.67. The van der Waals surface area contributed by atoms with Crippen LogP contribution in [0.25, 0.3) is 0 Å². The minimum Gasteiger partial charge on any atom is -0.469 e. The molecule has 1 aromatic heterocycles. The Balaban J connectivity index is 1.73. The predicted molar refractivity (Wildman–Crippen MR) is 83.9 cm³/mol. The molecule has 0 spiro atoms. The van der Waals surface area contributed by atoms with Gasteiger partial charge in [0.1, 0.15) is 5.76 Å². The van der Waals surface area contributed by atoms with E-state index in [1.807, 2.05) is 12.1 Å². The van der Waals surface area contributed by atoms with Crippen molar-refractivity contribution in [3.05, 3.63) is 59.5 Å². The molecule has 0 aliphatic rings. The highest BCUT2D eigenvalue weighted by molar-refractivity contribution is 5.24. The summed E-state index contributed by atoms with van der Waals surface area (Å²) in [6.45, 7) is 7.61. The van der Waals surface area contributed by atoms with Crippen molar-refractivity contribution in [1.29, 1.82) is 0 Å². The second-order valence-corrected chi connectivity index (χ2v) is 5.80. The molecule has 0 saturated heterocycles. The first kappa shape index (κ1) is 14.9. The standard InChI is InChI=1S/C18H25NO/c1-14(2)17-9-7-16(8-10-17)13-19-15(3)6-11-18-5-4-12-20-18/h4-5,7-10,12,14-15,19H,6,11,13H2,1-3H3/t15-/m1/s1. The van der Waals surface area contributed by atoms with Gasteiger partial charge >= 0.3 is 0 Å². The molecule has 1 atom stereocenters. The maximum Gasteiger partial charge on any atom is 0.103 e. The summed E-state index contributed by atoms with van der Waals surface area (Å²) in [5.41, 5.74) is 2.75. The Hall–Kier alpha value is -1.54. The third-order valence-electron chi connectivity index (χ3n) is 3.70. The van der Waals surface area contributed by atoms with Crippen molar-refractivity contribution in [2.45, 2.75) is 52.1 Å². The van der Waals surface area contributed by atoms with Crippen molar-refractivity contribution in [1.82, 2.24) is 5.32 Å². The van der Waals surface area contributed by atoms with Crippen molar-refractivity contribution in [2.24, 2.45) is 0 Å². The Morgan fingerprint density at radius 3 is 2.40 bits per heavy atom. The van der Waals surface area contributed by atoms with E-state index in [-0.39, 0.29) is 0 Å². The van der Waals surface area contributed by atoms with E-state index in [1.54, 1.807) is 6.26 Å². The Kier molecular flexibility index (Phi) is 5.42. The van der Waals surface area contributed by atoms with Gasteiger partial charge in [0.2, 0.25) is 0 Å². The van der Waals surface area contributed by atoms with Crippen LogP contribution in [0.3, 0.4) is 0 Å². The van der Waals surface area contributed by atoms with Crippen LogP contribution in [0.1, 0.15) is 50.0 Å². The highest BCUT2D eigenvalue weighted by atomic mass is 16.3. The normalized spacial score (nSPS) is 12.8. The summed E-state index contributed by atoms with van der Waals surface area (Å²) in [6, 6.07) is 13.4. The fourth-order valence-electron chi connectivity index (χ4n) is 2.23. The number of aryl methyl sites for hydroxylation is 1. The maximum absolute atomic E-state index is 5.35. The van der Waals surface area contributed by atoms with Crippen LogP contribution < -0.4 is 5.32 Å². The van der Waals surface area contributed by atoms with Gasteiger partial charge in [-0.2, -0.15) is 0 Å². The zero-order chi connectivity index (χ0) is 14.4. The SMILES string of the molecule is CC(C)c1ccc(CN[C@H](C)CCc2ccco2)cc1. The molecule has 0 saturated carbocycles. The van der Waals surface area contributed by atoms with Crippen LogP contribution in [-0.4, -0.2) is 6.04 Å². The second-order valence-electron chi connectivity index (χ2n) is 5.80. The molecule has 1 aromatic carbocycles. The molecule has 1 heterocycles. The molecule has 1 N–H and O–H groups in total. The molecule has 2 aromatic rings. The van der Waals surface area contributed by atoms with Crippen molar-refractivity contribution in [3.63, 3.8) is 0 Å². The average molecular weight is 271 g/mol. The van der Waals surface area contributed by atoms with E-state index in [9.17, 15) is 0 Å². The molecule has 0 aliphatic heterocycles. The van der Waals surface area contributed by atoms with Gasteiger partial charge in [0.05, 0.1) is 6.26 Å². The van der Waals surface area contributed by atoms with Crippen LogP contribution in [0.2, 0.25) is 0 Å². The molecule has 0 amide bonds. The lowest BCUT2D eigenvalue weighted by Crippen LogP contribution is -2.25. The van der Waals surface area contributed by atoms with E-state index in [0.29, 0.717) is 12.0 Å². The van der Waals surface area contributed by atoms with Crippen molar-refractivity contribution in [2.75, 3.05) is 0 Å². The van der Waals surface area contributed by atoms with Crippen LogP contribution in [-0.2, 0) is 13.0 Å². The summed E-state index contributed by atoms with van der Waals surface area (Å²) in [5, 5.41) is 3.57. The summed E-state index contributed by atoms with van der Waals surface area (Å²) >= 11 is 0. The molecule has 2 rings (SSSR count).